The Hall–Kier alpha value is -1.88. The first-order valence-electron chi connectivity index (χ1n) is 7.08. The molecule has 2 N–H and O–H groups in total. The van der Waals surface area contributed by atoms with Crippen molar-refractivity contribution in [2.24, 2.45) is 0 Å². The van der Waals surface area contributed by atoms with Gasteiger partial charge in [0.05, 0.1) is 0 Å². The number of hydrogen-bond donors (Lipinski definition) is 2. The summed E-state index contributed by atoms with van der Waals surface area (Å²) in [5.41, 5.74) is 3.41. The summed E-state index contributed by atoms with van der Waals surface area (Å²) < 4.78 is 0. The Labute approximate surface area is 126 Å². The molecule has 116 valence electrons. The number of benzene rings is 1. The van der Waals surface area contributed by atoms with Crippen molar-refractivity contribution >= 4 is 11.9 Å². The lowest BCUT2D eigenvalue weighted by Crippen LogP contribution is -2.42. The number of amides is 1. The van der Waals surface area contributed by atoms with Crippen LogP contribution in [0.15, 0.2) is 18.2 Å². The lowest BCUT2D eigenvalue weighted by Gasteiger charge is -2.27. The summed E-state index contributed by atoms with van der Waals surface area (Å²) in [5.74, 6) is -0.965. The first-order chi connectivity index (χ1) is 9.81. The highest BCUT2D eigenvalue weighted by Crippen LogP contribution is 2.15. The number of carboxylic acid groups (broad SMARTS) is 1. The largest absolute Gasteiger partial charge is 0.480 e. The van der Waals surface area contributed by atoms with E-state index >= 15 is 0 Å². The first-order valence-corrected chi connectivity index (χ1v) is 7.08. The molecule has 0 fully saturated rings. The summed E-state index contributed by atoms with van der Waals surface area (Å²) in [5, 5.41) is 11.9. The van der Waals surface area contributed by atoms with E-state index < -0.39 is 12.0 Å². The molecule has 0 saturated carbocycles. The van der Waals surface area contributed by atoms with E-state index in [1.54, 1.807) is 6.92 Å². The molecule has 5 nitrogen and oxygen atoms in total. The van der Waals surface area contributed by atoms with Crippen LogP contribution < -0.4 is 5.32 Å². The highest BCUT2D eigenvalue weighted by molar-refractivity contribution is 5.73. The van der Waals surface area contributed by atoms with Crippen molar-refractivity contribution in [3.05, 3.63) is 34.9 Å². The zero-order valence-electron chi connectivity index (χ0n) is 13.1. The van der Waals surface area contributed by atoms with Gasteiger partial charge in [-0.1, -0.05) is 23.8 Å². The molecule has 1 rings (SSSR count). The molecular weight excluding hydrogens is 268 g/mol. The van der Waals surface area contributed by atoms with E-state index in [2.05, 4.69) is 11.4 Å². The second kappa shape index (κ2) is 7.78. The van der Waals surface area contributed by atoms with Gasteiger partial charge in [0.25, 0.3) is 0 Å². The molecule has 0 heterocycles. The number of carbonyl (C=O) groups excluding carboxylic acids is 1. The Morgan fingerprint density at radius 1 is 1.33 bits per heavy atom. The van der Waals surface area contributed by atoms with Crippen molar-refractivity contribution in [2.45, 2.75) is 40.3 Å². The van der Waals surface area contributed by atoms with E-state index in [0.717, 1.165) is 16.7 Å². The van der Waals surface area contributed by atoms with Crippen molar-refractivity contribution in [3.63, 3.8) is 0 Å². The molecule has 0 aliphatic heterocycles. The highest BCUT2D eigenvalue weighted by atomic mass is 16.4. The average Bonchev–Trinajstić information content (AvgIpc) is 2.40. The zero-order valence-corrected chi connectivity index (χ0v) is 13.1. The maximum absolute atomic E-state index is 11.3. The molecule has 0 bridgehead atoms. The fourth-order valence-electron chi connectivity index (χ4n) is 2.13. The summed E-state index contributed by atoms with van der Waals surface area (Å²) in [7, 11) is 0. The smallest absolute Gasteiger partial charge is 0.320 e. The number of nitrogens with zero attached hydrogens (tertiary/aromatic N) is 1. The maximum Gasteiger partial charge on any atom is 0.320 e. The Morgan fingerprint density at radius 3 is 2.57 bits per heavy atom. The topological polar surface area (TPSA) is 69.6 Å². The minimum Gasteiger partial charge on any atom is -0.480 e. The number of nitrogens with one attached hydrogen (secondary N) is 1. The van der Waals surface area contributed by atoms with Gasteiger partial charge in [0.15, 0.2) is 0 Å². The number of carbonyl (C=O) groups is 2. The Bertz CT molecular complexity index is 514. The van der Waals surface area contributed by atoms with Gasteiger partial charge >= 0.3 is 5.97 Å². The molecule has 21 heavy (non-hydrogen) atoms. The number of rotatable bonds is 7. The molecule has 1 unspecified atom stereocenters. The minimum atomic E-state index is -0.858. The Morgan fingerprint density at radius 2 is 2.00 bits per heavy atom. The van der Waals surface area contributed by atoms with Crippen LogP contribution in [-0.2, 0) is 16.1 Å². The Balaban J connectivity index is 2.82. The van der Waals surface area contributed by atoms with E-state index in [1.165, 1.54) is 6.92 Å². The maximum atomic E-state index is 11.3. The van der Waals surface area contributed by atoms with Crippen LogP contribution in [0.5, 0.6) is 0 Å². The fourth-order valence-corrected chi connectivity index (χ4v) is 2.13. The van der Waals surface area contributed by atoms with E-state index in [0.29, 0.717) is 19.6 Å². The van der Waals surface area contributed by atoms with Crippen LogP contribution in [0.2, 0.25) is 0 Å². The number of carboxylic acids is 1. The van der Waals surface area contributed by atoms with Crippen molar-refractivity contribution in [2.75, 3.05) is 13.1 Å². The van der Waals surface area contributed by atoms with E-state index in [1.807, 2.05) is 30.9 Å². The van der Waals surface area contributed by atoms with Crippen LogP contribution in [0.1, 0.15) is 30.5 Å². The van der Waals surface area contributed by atoms with Gasteiger partial charge in [-0.2, -0.15) is 0 Å². The van der Waals surface area contributed by atoms with Gasteiger partial charge in [-0.25, -0.2) is 0 Å². The van der Waals surface area contributed by atoms with Gasteiger partial charge in [-0.3, -0.25) is 14.5 Å². The van der Waals surface area contributed by atoms with Gasteiger partial charge in [0.2, 0.25) is 5.91 Å². The van der Waals surface area contributed by atoms with Gasteiger partial charge in [0, 0.05) is 26.6 Å². The predicted molar refractivity (Wildman–Crippen MR) is 82.1 cm³/mol. The highest BCUT2D eigenvalue weighted by Gasteiger charge is 2.21. The second-order valence-electron chi connectivity index (χ2n) is 5.40. The molecule has 1 aromatic carbocycles. The number of aliphatic carboxylic acids is 1. The molecule has 0 aliphatic rings. The van der Waals surface area contributed by atoms with E-state index in [9.17, 15) is 14.7 Å². The summed E-state index contributed by atoms with van der Waals surface area (Å²) in [6.45, 7) is 8.66. The summed E-state index contributed by atoms with van der Waals surface area (Å²) in [4.78, 5) is 24.1. The third kappa shape index (κ3) is 5.55. The van der Waals surface area contributed by atoms with Crippen LogP contribution in [-0.4, -0.2) is 41.0 Å². The lowest BCUT2D eigenvalue weighted by molar-refractivity contribution is -0.142. The third-order valence-corrected chi connectivity index (χ3v) is 3.56. The van der Waals surface area contributed by atoms with Crippen LogP contribution >= 0.6 is 0 Å². The monoisotopic (exact) mass is 292 g/mol. The standard InChI is InChI=1S/C16H24N2O3/c1-11-5-6-12(2)15(9-11)10-18(13(3)16(20)21)8-7-17-14(4)19/h5-6,9,13H,7-8,10H2,1-4H3,(H,17,19)(H,20,21). The van der Waals surface area contributed by atoms with E-state index in [4.69, 9.17) is 0 Å². The zero-order chi connectivity index (χ0) is 16.0. The Kier molecular flexibility index (Phi) is 6.37. The predicted octanol–water partition coefficient (Wildman–Crippen LogP) is 1.71. The van der Waals surface area contributed by atoms with Gasteiger partial charge < -0.3 is 10.4 Å². The summed E-state index contributed by atoms with van der Waals surface area (Å²) in [6.07, 6.45) is 0. The lowest BCUT2D eigenvalue weighted by atomic mass is 10.0. The molecular formula is C16H24N2O3. The molecule has 0 spiro atoms. The molecule has 0 aliphatic carbocycles. The first kappa shape index (κ1) is 17.2. The normalized spacial score (nSPS) is 12.2. The van der Waals surface area contributed by atoms with Crippen LogP contribution in [0, 0.1) is 13.8 Å². The van der Waals surface area contributed by atoms with Crippen molar-refractivity contribution in [3.8, 4) is 0 Å². The van der Waals surface area contributed by atoms with E-state index in [-0.39, 0.29) is 5.91 Å². The van der Waals surface area contributed by atoms with Gasteiger partial charge in [-0.15, -0.1) is 0 Å². The average molecular weight is 292 g/mol. The quantitative estimate of drug-likeness (QED) is 0.803. The molecule has 1 aromatic rings. The molecule has 0 saturated heterocycles. The minimum absolute atomic E-state index is 0.107. The molecule has 0 aromatic heterocycles. The fraction of sp³-hybridized carbons (Fsp3) is 0.500. The van der Waals surface area contributed by atoms with Crippen LogP contribution in [0.4, 0.5) is 0 Å². The molecule has 1 amide bonds. The van der Waals surface area contributed by atoms with Crippen LogP contribution in [0.3, 0.4) is 0 Å². The SMILES string of the molecule is CC(=O)NCCN(Cc1cc(C)ccc1C)C(C)C(=O)O. The summed E-state index contributed by atoms with van der Waals surface area (Å²) in [6, 6.07) is 5.57. The second-order valence-corrected chi connectivity index (χ2v) is 5.40. The van der Waals surface area contributed by atoms with Crippen molar-refractivity contribution in [1.29, 1.82) is 0 Å². The van der Waals surface area contributed by atoms with Gasteiger partial charge in [0.1, 0.15) is 6.04 Å². The molecule has 1 atom stereocenters. The molecule has 5 heteroatoms. The van der Waals surface area contributed by atoms with Crippen molar-refractivity contribution in [1.82, 2.24) is 10.2 Å². The van der Waals surface area contributed by atoms with Crippen LogP contribution in [0.25, 0.3) is 0 Å². The number of hydrogen-bond acceptors (Lipinski definition) is 3. The summed E-state index contributed by atoms with van der Waals surface area (Å²) >= 11 is 0. The van der Waals surface area contributed by atoms with Gasteiger partial charge in [-0.05, 0) is 31.9 Å². The molecule has 0 radical (unpaired) electrons. The number of aryl methyl sites for hydroxylation is 2. The third-order valence-electron chi connectivity index (χ3n) is 3.56. The van der Waals surface area contributed by atoms with Crippen molar-refractivity contribution < 1.29 is 14.7 Å².